The summed E-state index contributed by atoms with van der Waals surface area (Å²) in [4.78, 5) is 6.47. The Bertz CT molecular complexity index is 539. The molecule has 1 fully saturated rings. The fraction of sp³-hybridized carbons (Fsp3) is 0.611. The van der Waals surface area contributed by atoms with Gasteiger partial charge in [-0.3, -0.25) is 4.99 Å². The number of ether oxygens (including phenoxy) is 1. The van der Waals surface area contributed by atoms with E-state index in [0.717, 1.165) is 37.7 Å². The lowest BCUT2D eigenvalue weighted by Crippen LogP contribution is -2.45. The molecule has 4 nitrogen and oxygen atoms in total. The molecule has 1 heterocycles. The highest BCUT2D eigenvalue weighted by atomic mass is 19.1. The maximum Gasteiger partial charge on any atom is 0.193 e. The molecule has 23 heavy (non-hydrogen) atoms. The van der Waals surface area contributed by atoms with Crippen molar-refractivity contribution in [2.24, 2.45) is 10.9 Å². The SMILES string of the molecule is CN=C(NCC(C)(C)c1ccccc1F)N(C)CC1CCOC1. The van der Waals surface area contributed by atoms with Crippen LogP contribution in [0.15, 0.2) is 29.3 Å². The van der Waals surface area contributed by atoms with E-state index in [1.165, 1.54) is 6.07 Å². The number of halogens is 1. The molecular formula is C18H28FN3O. The highest BCUT2D eigenvalue weighted by Crippen LogP contribution is 2.24. The lowest BCUT2D eigenvalue weighted by atomic mass is 9.84. The first-order chi connectivity index (χ1) is 10.9. The standard InChI is InChI=1S/C18H28FN3O/c1-18(2,15-7-5-6-8-16(15)19)13-21-17(20-3)22(4)11-14-9-10-23-12-14/h5-8,14H,9-13H2,1-4H3,(H,20,21). The number of rotatable bonds is 5. The summed E-state index contributed by atoms with van der Waals surface area (Å²) < 4.78 is 19.5. The fourth-order valence-electron chi connectivity index (χ4n) is 2.99. The molecule has 0 saturated carbocycles. The first kappa shape index (κ1) is 17.7. The summed E-state index contributed by atoms with van der Waals surface area (Å²) in [6.07, 6.45) is 1.10. The Morgan fingerprint density at radius 2 is 2.17 bits per heavy atom. The van der Waals surface area contributed by atoms with E-state index in [4.69, 9.17) is 4.74 Å². The van der Waals surface area contributed by atoms with Gasteiger partial charge in [-0.15, -0.1) is 0 Å². The molecule has 1 N–H and O–H groups in total. The van der Waals surface area contributed by atoms with Crippen LogP contribution in [0.4, 0.5) is 4.39 Å². The monoisotopic (exact) mass is 321 g/mol. The second-order valence-corrected chi connectivity index (χ2v) is 6.87. The molecule has 0 amide bonds. The van der Waals surface area contributed by atoms with Crippen molar-refractivity contribution in [3.05, 3.63) is 35.6 Å². The van der Waals surface area contributed by atoms with Crippen LogP contribution in [0.3, 0.4) is 0 Å². The van der Waals surface area contributed by atoms with Gasteiger partial charge in [-0.05, 0) is 18.1 Å². The minimum atomic E-state index is -0.321. The Balaban J connectivity index is 1.95. The van der Waals surface area contributed by atoms with Crippen molar-refractivity contribution in [1.82, 2.24) is 10.2 Å². The molecule has 0 aliphatic carbocycles. The van der Waals surface area contributed by atoms with Crippen molar-refractivity contribution in [2.75, 3.05) is 40.4 Å². The lowest BCUT2D eigenvalue weighted by Gasteiger charge is -2.30. The number of nitrogens with zero attached hydrogens (tertiary/aromatic N) is 2. The highest BCUT2D eigenvalue weighted by molar-refractivity contribution is 5.79. The molecule has 0 bridgehead atoms. The number of benzene rings is 1. The maximum atomic E-state index is 14.0. The molecule has 1 aliphatic rings. The van der Waals surface area contributed by atoms with Crippen molar-refractivity contribution in [3.8, 4) is 0 Å². The zero-order valence-corrected chi connectivity index (χ0v) is 14.6. The van der Waals surface area contributed by atoms with Gasteiger partial charge in [0.25, 0.3) is 0 Å². The zero-order chi connectivity index (χ0) is 16.9. The summed E-state index contributed by atoms with van der Waals surface area (Å²) in [7, 11) is 3.81. The average molecular weight is 321 g/mol. The van der Waals surface area contributed by atoms with Crippen LogP contribution in [-0.2, 0) is 10.2 Å². The van der Waals surface area contributed by atoms with Crippen LogP contribution in [0.1, 0.15) is 25.8 Å². The Morgan fingerprint density at radius 1 is 1.43 bits per heavy atom. The van der Waals surface area contributed by atoms with Crippen LogP contribution < -0.4 is 5.32 Å². The van der Waals surface area contributed by atoms with E-state index in [9.17, 15) is 4.39 Å². The Hall–Kier alpha value is -1.62. The number of hydrogen-bond acceptors (Lipinski definition) is 2. The van der Waals surface area contributed by atoms with Crippen LogP contribution >= 0.6 is 0 Å². The molecule has 5 heteroatoms. The van der Waals surface area contributed by atoms with Gasteiger partial charge in [-0.25, -0.2) is 4.39 Å². The quantitative estimate of drug-likeness (QED) is 0.669. The maximum absolute atomic E-state index is 14.0. The summed E-state index contributed by atoms with van der Waals surface area (Å²) in [6.45, 7) is 7.28. The predicted molar refractivity (Wildman–Crippen MR) is 92.3 cm³/mol. The summed E-state index contributed by atoms with van der Waals surface area (Å²) >= 11 is 0. The highest BCUT2D eigenvalue weighted by Gasteiger charge is 2.25. The van der Waals surface area contributed by atoms with Crippen molar-refractivity contribution >= 4 is 5.96 Å². The number of aliphatic imine (C=N–C) groups is 1. The first-order valence-corrected chi connectivity index (χ1v) is 8.18. The van der Waals surface area contributed by atoms with Gasteiger partial charge < -0.3 is 15.0 Å². The van der Waals surface area contributed by atoms with Crippen molar-refractivity contribution in [1.29, 1.82) is 0 Å². The number of hydrogen-bond donors (Lipinski definition) is 1. The topological polar surface area (TPSA) is 36.9 Å². The summed E-state index contributed by atoms with van der Waals surface area (Å²) in [5.74, 6) is 1.23. The first-order valence-electron chi connectivity index (χ1n) is 8.18. The molecule has 0 aromatic heterocycles. The molecular weight excluding hydrogens is 293 g/mol. The van der Waals surface area contributed by atoms with Crippen molar-refractivity contribution in [3.63, 3.8) is 0 Å². The van der Waals surface area contributed by atoms with Crippen LogP contribution in [0.5, 0.6) is 0 Å². The van der Waals surface area contributed by atoms with E-state index >= 15 is 0 Å². The van der Waals surface area contributed by atoms with E-state index in [1.807, 2.05) is 33.0 Å². The molecule has 1 aliphatic heterocycles. The van der Waals surface area contributed by atoms with Gasteiger partial charge in [-0.1, -0.05) is 32.0 Å². The molecule has 1 unspecified atom stereocenters. The zero-order valence-electron chi connectivity index (χ0n) is 14.6. The fourth-order valence-corrected chi connectivity index (χ4v) is 2.99. The molecule has 128 valence electrons. The molecule has 2 rings (SSSR count). The molecule has 1 atom stereocenters. The van der Waals surface area contributed by atoms with E-state index in [-0.39, 0.29) is 11.2 Å². The van der Waals surface area contributed by atoms with E-state index in [1.54, 1.807) is 13.1 Å². The van der Waals surface area contributed by atoms with E-state index < -0.39 is 0 Å². The van der Waals surface area contributed by atoms with Gasteiger partial charge >= 0.3 is 0 Å². The normalized spacial score (nSPS) is 19.0. The summed E-state index contributed by atoms with van der Waals surface area (Å²) in [6, 6.07) is 6.96. The van der Waals surface area contributed by atoms with Crippen LogP contribution in [0.2, 0.25) is 0 Å². The van der Waals surface area contributed by atoms with E-state index in [2.05, 4.69) is 15.2 Å². The van der Waals surface area contributed by atoms with Crippen LogP contribution in [-0.4, -0.2) is 51.3 Å². The third-order valence-corrected chi connectivity index (χ3v) is 4.42. The number of guanidine groups is 1. The van der Waals surface area contributed by atoms with Gasteiger partial charge in [0.05, 0.1) is 6.61 Å². The minimum absolute atomic E-state index is 0.161. The molecule has 0 radical (unpaired) electrons. The van der Waals surface area contributed by atoms with Crippen LogP contribution in [0.25, 0.3) is 0 Å². The molecule has 0 spiro atoms. The second kappa shape index (κ2) is 7.77. The van der Waals surface area contributed by atoms with Gasteiger partial charge in [0, 0.05) is 45.1 Å². The summed E-state index contributed by atoms with van der Waals surface area (Å²) in [5, 5.41) is 3.38. The number of nitrogens with one attached hydrogen (secondary N) is 1. The Labute approximate surface area is 138 Å². The molecule has 1 saturated heterocycles. The van der Waals surface area contributed by atoms with Crippen molar-refractivity contribution < 1.29 is 9.13 Å². The molecule has 1 aromatic carbocycles. The van der Waals surface area contributed by atoms with Crippen LogP contribution in [0, 0.1) is 11.7 Å². The smallest absolute Gasteiger partial charge is 0.193 e. The van der Waals surface area contributed by atoms with Gasteiger partial charge in [0.2, 0.25) is 0 Å². The van der Waals surface area contributed by atoms with Gasteiger partial charge in [0.15, 0.2) is 5.96 Å². The Morgan fingerprint density at radius 3 is 2.78 bits per heavy atom. The van der Waals surface area contributed by atoms with Gasteiger partial charge in [0.1, 0.15) is 5.82 Å². The predicted octanol–water partition coefficient (Wildman–Crippen LogP) is 2.65. The summed E-state index contributed by atoms with van der Waals surface area (Å²) in [5.41, 5.74) is 0.397. The lowest BCUT2D eigenvalue weighted by molar-refractivity contribution is 0.181. The molecule has 1 aromatic rings. The Kier molecular flexibility index (Phi) is 5.99. The third-order valence-electron chi connectivity index (χ3n) is 4.42. The van der Waals surface area contributed by atoms with E-state index in [0.29, 0.717) is 12.5 Å². The van der Waals surface area contributed by atoms with Crippen molar-refractivity contribution in [2.45, 2.75) is 25.7 Å². The minimum Gasteiger partial charge on any atom is -0.381 e. The second-order valence-electron chi connectivity index (χ2n) is 6.87. The largest absolute Gasteiger partial charge is 0.381 e. The average Bonchev–Trinajstić information content (AvgIpc) is 3.01. The van der Waals surface area contributed by atoms with Gasteiger partial charge in [-0.2, -0.15) is 0 Å². The third kappa shape index (κ3) is 4.67.